The van der Waals surface area contributed by atoms with E-state index in [9.17, 15) is 37.5 Å². The van der Waals surface area contributed by atoms with Crippen molar-refractivity contribution in [1.29, 1.82) is 0 Å². The molecule has 1 heterocycles. The van der Waals surface area contributed by atoms with Crippen molar-refractivity contribution in [3.8, 4) is 17.0 Å². The number of hydrogen-bond donors (Lipinski definition) is 5. The molecule has 1 aliphatic carbocycles. The highest BCUT2D eigenvalue weighted by Gasteiger charge is 2.46. The number of aromatic nitrogens is 2. The topological polar surface area (TPSA) is 161 Å². The molecule has 1 atom stereocenters. The average molecular weight is 544 g/mol. The summed E-state index contributed by atoms with van der Waals surface area (Å²) in [5, 5.41) is 24.1. The van der Waals surface area contributed by atoms with Crippen molar-refractivity contribution >= 4 is 17.8 Å². The van der Waals surface area contributed by atoms with E-state index in [4.69, 9.17) is 5.11 Å². The van der Waals surface area contributed by atoms with Crippen LogP contribution in [0.5, 0.6) is 5.88 Å². The number of H-pyrrole nitrogens is 1. The first-order valence-electron chi connectivity index (χ1n) is 11.8. The summed E-state index contributed by atoms with van der Waals surface area (Å²) in [7, 11) is 0. The van der Waals surface area contributed by atoms with Crippen LogP contribution in [0.3, 0.4) is 0 Å². The maximum atomic E-state index is 12.9. The van der Waals surface area contributed by atoms with Crippen molar-refractivity contribution in [1.82, 2.24) is 20.6 Å². The van der Waals surface area contributed by atoms with Crippen molar-refractivity contribution in [2.45, 2.75) is 31.5 Å². The zero-order chi connectivity index (χ0) is 28.5. The van der Waals surface area contributed by atoms with Crippen molar-refractivity contribution in [3.05, 3.63) is 81.4 Å². The van der Waals surface area contributed by atoms with Gasteiger partial charge in [-0.3, -0.25) is 19.2 Å². The van der Waals surface area contributed by atoms with Gasteiger partial charge in [-0.25, -0.2) is 0 Å². The highest BCUT2D eigenvalue weighted by atomic mass is 19.4. The third-order valence-electron chi connectivity index (χ3n) is 6.42. The van der Waals surface area contributed by atoms with Gasteiger partial charge in [0.2, 0.25) is 11.7 Å². The lowest BCUT2D eigenvalue weighted by molar-refractivity contribution is -0.141. The number of carbonyl (C=O) groups is 3. The predicted molar refractivity (Wildman–Crippen MR) is 131 cm³/mol. The van der Waals surface area contributed by atoms with Crippen LogP contribution in [0.2, 0.25) is 0 Å². The van der Waals surface area contributed by atoms with Gasteiger partial charge in [-0.1, -0.05) is 43.3 Å². The Hall–Kier alpha value is -4.68. The smallest absolute Gasteiger partial charge is 0.416 e. The van der Waals surface area contributed by atoms with Crippen LogP contribution in [0.15, 0.2) is 53.3 Å². The molecule has 1 unspecified atom stereocenters. The molecule has 0 bridgehead atoms. The summed E-state index contributed by atoms with van der Waals surface area (Å²) in [4.78, 5) is 54.2. The maximum Gasteiger partial charge on any atom is 0.416 e. The minimum atomic E-state index is -4.43. The Morgan fingerprint density at radius 1 is 1.03 bits per heavy atom. The van der Waals surface area contributed by atoms with Crippen LogP contribution in [0.25, 0.3) is 11.1 Å². The van der Waals surface area contributed by atoms with Gasteiger partial charge in [-0.2, -0.15) is 18.2 Å². The molecular formula is C26H23F3N4O6. The Labute approximate surface area is 218 Å². The fourth-order valence-electron chi connectivity index (χ4n) is 3.91. The van der Waals surface area contributed by atoms with Gasteiger partial charge in [0.15, 0.2) is 5.56 Å². The number of hydrogen-bond acceptors (Lipinski definition) is 6. The van der Waals surface area contributed by atoms with E-state index in [1.54, 1.807) is 24.3 Å². The van der Waals surface area contributed by atoms with Gasteiger partial charge in [-0.05, 0) is 41.7 Å². The lowest BCUT2D eigenvalue weighted by Gasteiger charge is -2.18. The van der Waals surface area contributed by atoms with Crippen molar-refractivity contribution < 1.29 is 37.8 Å². The normalized spacial score (nSPS) is 14.8. The van der Waals surface area contributed by atoms with Crippen LogP contribution in [0.4, 0.5) is 13.2 Å². The van der Waals surface area contributed by atoms with Crippen molar-refractivity contribution in [3.63, 3.8) is 0 Å². The van der Waals surface area contributed by atoms with Gasteiger partial charge in [0.25, 0.3) is 17.4 Å². The second kappa shape index (κ2) is 10.2. The summed E-state index contributed by atoms with van der Waals surface area (Å²) in [6, 6.07) is 11.6. The summed E-state index contributed by atoms with van der Waals surface area (Å²) < 4.78 is 38.4. The fraction of sp³-hybridized carbons (Fsp3) is 0.269. The van der Waals surface area contributed by atoms with Crippen LogP contribution < -0.4 is 16.2 Å². The number of benzene rings is 2. The second-order valence-corrected chi connectivity index (χ2v) is 9.25. The van der Waals surface area contributed by atoms with Crippen LogP contribution >= 0.6 is 0 Å². The maximum absolute atomic E-state index is 12.9. The molecular weight excluding hydrogens is 521 g/mol. The first kappa shape index (κ1) is 27.4. The first-order chi connectivity index (χ1) is 18.3. The summed E-state index contributed by atoms with van der Waals surface area (Å²) in [5.74, 6) is -5.47. The molecule has 0 spiro atoms. The van der Waals surface area contributed by atoms with Crippen LogP contribution in [0.1, 0.15) is 51.9 Å². The van der Waals surface area contributed by atoms with Crippen LogP contribution in [0, 0.1) is 5.92 Å². The monoisotopic (exact) mass is 544 g/mol. The quantitative estimate of drug-likeness (QED) is 0.291. The van der Waals surface area contributed by atoms with Gasteiger partial charge < -0.3 is 25.8 Å². The number of aromatic hydroxyl groups is 1. The van der Waals surface area contributed by atoms with E-state index in [0.717, 1.165) is 12.1 Å². The van der Waals surface area contributed by atoms with Crippen LogP contribution in [-0.2, 0) is 16.5 Å². The Kier molecular flexibility index (Phi) is 7.18. The minimum absolute atomic E-state index is 0.249. The molecule has 1 fully saturated rings. The number of halogens is 3. The zero-order valence-electron chi connectivity index (χ0n) is 20.4. The zero-order valence-corrected chi connectivity index (χ0v) is 20.4. The molecule has 204 valence electrons. The molecule has 39 heavy (non-hydrogen) atoms. The van der Waals surface area contributed by atoms with E-state index < -0.39 is 63.8 Å². The number of nitrogens with one attached hydrogen (secondary N) is 3. The number of rotatable bonds is 8. The number of amides is 2. The van der Waals surface area contributed by atoms with Crippen LogP contribution in [-0.4, -0.2) is 44.5 Å². The molecule has 1 saturated carbocycles. The van der Waals surface area contributed by atoms with E-state index in [1.807, 2.05) is 0 Å². The second-order valence-electron chi connectivity index (χ2n) is 9.25. The Morgan fingerprint density at radius 2 is 1.59 bits per heavy atom. The lowest BCUT2D eigenvalue weighted by Crippen LogP contribution is -2.39. The number of carboxylic acids is 1. The first-order valence-corrected chi connectivity index (χ1v) is 11.8. The Bertz CT molecular complexity index is 1480. The van der Waals surface area contributed by atoms with Crippen molar-refractivity contribution in [2.24, 2.45) is 5.92 Å². The molecule has 2 aromatic carbocycles. The molecule has 5 N–H and O–H groups in total. The molecule has 4 rings (SSSR count). The summed E-state index contributed by atoms with van der Waals surface area (Å²) in [5.41, 5.74) is -1.40. The molecule has 1 aromatic heterocycles. The van der Waals surface area contributed by atoms with E-state index >= 15 is 0 Å². The molecule has 0 saturated heterocycles. The highest BCUT2D eigenvalue weighted by Crippen LogP contribution is 2.46. The Morgan fingerprint density at radius 3 is 2.08 bits per heavy atom. The highest BCUT2D eigenvalue weighted by molar-refractivity contribution is 5.98. The number of nitrogens with zero attached hydrogens (tertiary/aromatic N) is 1. The number of carboxylic acid groups (broad SMARTS) is 1. The molecule has 10 nitrogen and oxygen atoms in total. The number of alkyl halides is 3. The standard InChI is InChI=1S/C26H23F3N4O6/c1-13(24(38)39)12-30-23(37)19-31-20(34)18(21(35)32-19)22(36)33-25(10-11-25)16-6-2-14(3-7-16)15-4-8-17(9-5-15)26(27,28)29/h2-9,13H,10-12H2,1H3,(H,30,37)(H,33,36)(H,38,39)(H2,31,32,34,35). The van der Waals surface area contributed by atoms with E-state index in [0.29, 0.717) is 29.5 Å². The fourth-order valence-corrected chi connectivity index (χ4v) is 3.91. The Balaban J connectivity index is 1.47. The van der Waals surface area contributed by atoms with E-state index in [2.05, 4.69) is 20.6 Å². The largest absolute Gasteiger partial charge is 0.493 e. The molecule has 3 aromatic rings. The number of aromatic amines is 1. The molecule has 13 heteroatoms. The minimum Gasteiger partial charge on any atom is -0.493 e. The number of aliphatic carboxylic acids is 1. The third-order valence-corrected chi connectivity index (χ3v) is 6.42. The molecule has 0 aliphatic heterocycles. The molecule has 1 aliphatic rings. The number of carbonyl (C=O) groups excluding carboxylic acids is 2. The van der Waals surface area contributed by atoms with Gasteiger partial charge in [0, 0.05) is 6.54 Å². The van der Waals surface area contributed by atoms with Gasteiger partial charge in [0.1, 0.15) is 0 Å². The third kappa shape index (κ3) is 5.92. The van der Waals surface area contributed by atoms with Gasteiger partial charge >= 0.3 is 12.1 Å². The average Bonchev–Trinajstić information content (AvgIpc) is 3.66. The summed E-state index contributed by atoms with van der Waals surface area (Å²) >= 11 is 0. The molecule has 0 radical (unpaired) electrons. The SMILES string of the molecule is CC(CNC(=O)c1nc(O)c(C(=O)NC2(c3ccc(-c4ccc(C(F)(F)F)cc4)cc3)CC2)c(=O)[nH]1)C(=O)O. The van der Waals surface area contributed by atoms with E-state index in [1.165, 1.54) is 19.1 Å². The summed E-state index contributed by atoms with van der Waals surface area (Å²) in [6.07, 6.45) is -3.36. The van der Waals surface area contributed by atoms with Gasteiger partial charge in [-0.15, -0.1) is 0 Å². The molecule has 2 amide bonds. The van der Waals surface area contributed by atoms with E-state index in [-0.39, 0.29) is 6.54 Å². The predicted octanol–water partition coefficient (Wildman–Crippen LogP) is 3.03. The summed E-state index contributed by atoms with van der Waals surface area (Å²) in [6.45, 7) is 1.11. The van der Waals surface area contributed by atoms with Crippen molar-refractivity contribution in [2.75, 3.05) is 6.54 Å². The lowest BCUT2D eigenvalue weighted by atomic mass is 9.98. The van der Waals surface area contributed by atoms with Gasteiger partial charge in [0.05, 0.1) is 17.0 Å².